The maximum absolute atomic E-state index is 12.8. The van der Waals surface area contributed by atoms with Crippen LogP contribution < -0.4 is 9.60 Å². The highest BCUT2D eigenvalue weighted by Gasteiger charge is 2.20. The summed E-state index contributed by atoms with van der Waals surface area (Å²) in [5.74, 6) is 0. The van der Waals surface area contributed by atoms with Gasteiger partial charge in [-0.1, -0.05) is 29.5 Å². The van der Waals surface area contributed by atoms with Gasteiger partial charge in [0.15, 0.2) is 0 Å². The lowest BCUT2D eigenvalue weighted by Crippen LogP contribution is -2.27. The summed E-state index contributed by atoms with van der Waals surface area (Å²) in [5, 5.41) is 0. The minimum Gasteiger partial charge on any atom is -0.299 e. The molecule has 5 nitrogen and oxygen atoms in total. The van der Waals surface area contributed by atoms with Crippen molar-refractivity contribution < 1.29 is 8.42 Å². The largest absolute Gasteiger partial charge is 0.308 e. The Balaban J connectivity index is 1.93. The summed E-state index contributed by atoms with van der Waals surface area (Å²) >= 11 is 1.07. The maximum atomic E-state index is 12.8. The Morgan fingerprint density at radius 2 is 1.85 bits per heavy atom. The van der Waals surface area contributed by atoms with E-state index in [1.165, 1.54) is 5.56 Å². The van der Waals surface area contributed by atoms with Crippen LogP contribution in [0.4, 0.5) is 0 Å². The lowest BCUT2D eigenvalue weighted by Gasteiger charge is -2.16. The van der Waals surface area contributed by atoms with Crippen LogP contribution in [0, 0.1) is 13.8 Å². The van der Waals surface area contributed by atoms with Crippen molar-refractivity contribution in [3.63, 3.8) is 0 Å². The fourth-order valence-electron chi connectivity index (χ4n) is 2.92. The van der Waals surface area contributed by atoms with Crippen LogP contribution in [0.3, 0.4) is 0 Å². The van der Waals surface area contributed by atoms with Gasteiger partial charge in [0.25, 0.3) is 0 Å². The summed E-state index contributed by atoms with van der Waals surface area (Å²) in [6.45, 7) is 8.31. The average molecular weight is 391 g/mol. The van der Waals surface area contributed by atoms with Crippen molar-refractivity contribution in [2.24, 2.45) is 0 Å². The van der Waals surface area contributed by atoms with Gasteiger partial charge in [-0.3, -0.25) is 9.36 Å². The molecule has 0 amide bonds. The zero-order valence-corrected chi connectivity index (χ0v) is 16.9. The van der Waals surface area contributed by atoms with E-state index in [0.29, 0.717) is 11.2 Å². The number of fused-ring (bicyclic) bond motifs is 1. The highest BCUT2D eigenvalue weighted by molar-refractivity contribution is 7.89. The molecule has 0 aliphatic rings. The first-order valence-corrected chi connectivity index (χ1v) is 10.8. The van der Waals surface area contributed by atoms with Gasteiger partial charge in [0.05, 0.1) is 15.1 Å². The Morgan fingerprint density at radius 1 is 1.12 bits per heavy atom. The van der Waals surface area contributed by atoms with Crippen molar-refractivity contribution in [1.82, 2.24) is 9.29 Å². The third kappa shape index (κ3) is 3.47. The van der Waals surface area contributed by atoms with E-state index in [4.69, 9.17) is 0 Å². The maximum Gasteiger partial charge on any atom is 0.308 e. The van der Waals surface area contributed by atoms with Gasteiger partial charge in [0, 0.05) is 12.6 Å². The van der Waals surface area contributed by atoms with E-state index in [2.05, 4.69) is 4.72 Å². The van der Waals surface area contributed by atoms with E-state index in [-0.39, 0.29) is 15.8 Å². The number of thiazole rings is 1. The van der Waals surface area contributed by atoms with Crippen molar-refractivity contribution in [2.45, 2.75) is 45.2 Å². The van der Waals surface area contributed by atoms with Crippen molar-refractivity contribution >= 4 is 31.6 Å². The number of aromatic nitrogens is 1. The minimum atomic E-state index is -3.69. The second kappa shape index (κ2) is 6.98. The quantitative estimate of drug-likeness (QED) is 0.722. The normalized spacial score (nSPS) is 13.2. The number of hydrogen-bond acceptors (Lipinski definition) is 4. The zero-order chi connectivity index (χ0) is 19.1. The zero-order valence-electron chi connectivity index (χ0n) is 15.2. The molecule has 0 aliphatic heterocycles. The van der Waals surface area contributed by atoms with Gasteiger partial charge in [-0.15, -0.1) is 0 Å². The van der Waals surface area contributed by atoms with Gasteiger partial charge in [-0.25, -0.2) is 13.1 Å². The third-order valence-electron chi connectivity index (χ3n) is 4.63. The topological polar surface area (TPSA) is 68.2 Å². The summed E-state index contributed by atoms with van der Waals surface area (Å²) in [5.41, 5.74) is 3.98. The second-order valence-electron chi connectivity index (χ2n) is 6.43. The fraction of sp³-hybridized carbons (Fsp3) is 0.316. The van der Waals surface area contributed by atoms with E-state index in [0.717, 1.165) is 28.0 Å². The number of hydrogen-bond donors (Lipinski definition) is 1. The van der Waals surface area contributed by atoms with Crippen LogP contribution in [-0.2, 0) is 16.6 Å². The van der Waals surface area contributed by atoms with Crippen LogP contribution in [0.25, 0.3) is 10.2 Å². The molecule has 1 atom stereocenters. The molecule has 0 spiro atoms. The standard InChI is InChI=1S/C19H22N2O3S2/c1-5-21-17-9-8-16(11-18(17)25-19(21)22)26(23,24)20-14(4)15-7-6-12(2)13(3)10-15/h6-11,14,20H,5H2,1-4H3. The van der Waals surface area contributed by atoms with Crippen molar-refractivity contribution in [1.29, 1.82) is 0 Å². The molecule has 1 unspecified atom stereocenters. The Labute approximate surface area is 157 Å². The van der Waals surface area contributed by atoms with Crippen molar-refractivity contribution in [3.05, 3.63) is 62.8 Å². The second-order valence-corrected chi connectivity index (χ2v) is 9.14. The third-order valence-corrected chi connectivity index (χ3v) is 7.11. The molecule has 0 aliphatic carbocycles. The Hall–Kier alpha value is -1.96. The van der Waals surface area contributed by atoms with Gasteiger partial charge in [-0.05, 0) is 62.6 Å². The van der Waals surface area contributed by atoms with E-state index in [1.807, 2.05) is 45.9 Å². The molecular formula is C19H22N2O3S2. The molecule has 3 aromatic rings. The van der Waals surface area contributed by atoms with E-state index in [9.17, 15) is 13.2 Å². The molecule has 1 aromatic heterocycles. The molecule has 7 heteroatoms. The van der Waals surface area contributed by atoms with Crippen LogP contribution in [-0.4, -0.2) is 13.0 Å². The predicted octanol–water partition coefficient (Wildman–Crippen LogP) is 3.74. The first-order chi connectivity index (χ1) is 12.2. The number of nitrogens with one attached hydrogen (secondary N) is 1. The highest BCUT2D eigenvalue weighted by atomic mass is 32.2. The molecule has 0 radical (unpaired) electrons. The predicted molar refractivity (Wildman–Crippen MR) is 106 cm³/mol. The van der Waals surface area contributed by atoms with Crippen LogP contribution in [0.2, 0.25) is 0 Å². The SMILES string of the molecule is CCn1c(=O)sc2cc(S(=O)(=O)NC(C)c3ccc(C)c(C)c3)ccc21. The van der Waals surface area contributed by atoms with Crippen LogP contribution >= 0.6 is 11.3 Å². The number of rotatable bonds is 5. The fourth-order valence-corrected chi connectivity index (χ4v) is 5.24. The van der Waals surface area contributed by atoms with E-state index in [1.54, 1.807) is 22.8 Å². The van der Waals surface area contributed by atoms with Crippen molar-refractivity contribution in [2.75, 3.05) is 0 Å². The monoisotopic (exact) mass is 390 g/mol. The molecule has 1 heterocycles. The van der Waals surface area contributed by atoms with Gasteiger partial charge in [-0.2, -0.15) is 0 Å². The first kappa shape index (κ1) is 18.8. The highest BCUT2D eigenvalue weighted by Crippen LogP contribution is 2.24. The molecule has 0 saturated heterocycles. The first-order valence-electron chi connectivity index (χ1n) is 8.46. The van der Waals surface area contributed by atoms with Gasteiger partial charge >= 0.3 is 4.87 Å². The number of aryl methyl sites for hydroxylation is 3. The molecule has 0 bridgehead atoms. The molecule has 26 heavy (non-hydrogen) atoms. The Bertz CT molecular complexity index is 1130. The van der Waals surface area contributed by atoms with Crippen molar-refractivity contribution in [3.8, 4) is 0 Å². The van der Waals surface area contributed by atoms with E-state index >= 15 is 0 Å². The molecule has 138 valence electrons. The number of benzene rings is 2. The molecule has 3 rings (SSSR count). The summed E-state index contributed by atoms with van der Waals surface area (Å²) in [4.78, 5) is 12.1. The molecule has 0 fully saturated rings. The summed E-state index contributed by atoms with van der Waals surface area (Å²) < 4.78 is 30.6. The lowest BCUT2D eigenvalue weighted by molar-refractivity contribution is 0.567. The lowest BCUT2D eigenvalue weighted by atomic mass is 10.0. The van der Waals surface area contributed by atoms with Gasteiger partial charge in [0.1, 0.15) is 0 Å². The minimum absolute atomic E-state index is 0.0755. The molecular weight excluding hydrogens is 368 g/mol. The van der Waals surface area contributed by atoms with Crippen LogP contribution in [0.1, 0.15) is 36.6 Å². The van der Waals surface area contributed by atoms with Gasteiger partial charge < -0.3 is 0 Å². The van der Waals surface area contributed by atoms with Crippen LogP contribution in [0.15, 0.2) is 46.1 Å². The Kier molecular flexibility index (Phi) is 5.05. The molecule has 0 saturated carbocycles. The number of nitrogens with zero attached hydrogens (tertiary/aromatic N) is 1. The Morgan fingerprint density at radius 3 is 2.50 bits per heavy atom. The smallest absolute Gasteiger partial charge is 0.299 e. The van der Waals surface area contributed by atoms with Gasteiger partial charge in [0.2, 0.25) is 10.0 Å². The van der Waals surface area contributed by atoms with E-state index < -0.39 is 10.0 Å². The molecule has 1 N–H and O–H groups in total. The van der Waals surface area contributed by atoms with Crippen LogP contribution in [0.5, 0.6) is 0 Å². The average Bonchev–Trinajstić information content (AvgIpc) is 2.90. The molecule has 2 aromatic carbocycles. The summed E-state index contributed by atoms with van der Waals surface area (Å²) in [6.07, 6.45) is 0. The summed E-state index contributed by atoms with van der Waals surface area (Å²) in [7, 11) is -3.69. The number of sulfonamides is 1. The summed E-state index contributed by atoms with van der Waals surface area (Å²) in [6, 6.07) is 10.4.